The van der Waals surface area contributed by atoms with E-state index < -0.39 is 11.4 Å². The number of hydrogen-bond acceptors (Lipinski definition) is 3. The van der Waals surface area contributed by atoms with Crippen molar-refractivity contribution in [1.29, 1.82) is 0 Å². The summed E-state index contributed by atoms with van der Waals surface area (Å²) in [6, 6.07) is 11.4. The number of aliphatic carboxylic acids is 1. The van der Waals surface area contributed by atoms with Crippen molar-refractivity contribution >= 4 is 11.5 Å². The zero-order valence-corrected chi connectivity index (χ0v) is 16.6. The Labute approximate surface area is 161 Å². The van der Waals surface area contributed by atoms with Gasteiger partial charge in [0.1, 0.15) is 5.75 Å². The molecule has 4 nitrogen and oxygen atoms in total. The summed E-state index contributed by atoms with van der Waals surface area (Å²) in [6.07, 6.45) is 3.59. The Hall–Kier alpha value is -2.88. The lowest BCUT2D eigenvalue weighted by Gasteiger charge is -2.36. The van der Waals surface area contributed by atoms with Gasteiger partial charge in [-0.2, -0.15) is 0 Å². The Morgan fingerprint density at radius 3 is 2.48 bits per heavy atom. The predicted molar refractivity (Wildman–Crippen MR) is 109 cm³/mol. The van der Waals surface area contributed by atoms with Gasteiger partial charge in [-0.15, -0.1) is 0 Å². The molecule has 0 saturated carbocycles. The summed E-state index contributed by atoms with van der Waals surface area (Å²) in [6.45, 7) is 13.1. The van der Waals surface area contributed by atoms with Gasteiger partial charge in [0.05, 0.1) is 11.1 Å². The number of carboxylic acids is 1. The van der Waals surface area contributed by atoms with Crippen molar-refractivity contribution in [2.45, 2.75) is 40.5 Å². The minimum atomic E-state index is -0.996. The highest BCUT2D eigenvalue weighted by Gasteiger charge is 2.44. The Bertz CT molecular complexity index is 881. The summed E-state index contributed by atoms with van der Waals surface area (Å²) in [5.41, 5.74) is 2.42. The Morgan fingerprint density at radius 1 is 1.19 bits per heavy atom. The third-order valence-electron chi connectivity index (χ3n) is 4.68. The molecule has 1 aromatic heterocycles. The summed E-state index contributed by atoms with van der Waals surface area (Å²) in [5.74, 6) is -0.0705. The summed E-state index contributed by atoms with van der Waals surface area (Å²) in [5, 5.41) is 9.78. The topological polar surface area (TPSA) is 59.4 Å². The number of ether oxygens (including phenoxy) is 1. The van der Waals surface area contributed by atoms with Crippen LogP contribution in [0.2, 0.25) is 0 Å². The lowest BCUT2D eigenvalue weighted by molar-refractivity contribution is -0.147. The van der Waals surface area contributed by atoms with Gasteiger partial charge in [0.2, 0.25) is 5.88 Å². The van der Waals surface area contributed by atoms with E-state index in [0.717, 1.165) is 22.4 Å². The third kappa shape index (κ3) is 3.80. The molecular formula is C23H27NO3. The molecule has 1 aliphatic rings. The van der Waals surface area contributed by atoms with Crippen molar-refractivity contribution in [1.82, 2.24) is 4.98 Å². The highest BCUT2D eigenvalue weighted by atomic mass is 16.5. The second kappa shape index (κ2) is 8.21. The largest absolute Gasteiger partial charge is 0.481 e. The second-order valence-electron chi connectivity index (χ2n) is 6.78. The first kappa shape index (κ1) is 20.4. The molecule has 0 spiro atoms. The molecule has 0 radical (unpaired) electrons. The van der Waals surface area contributed by atoms with Crippen LogP contribution in [0.15, 0.2) is 55.1 Å². The van der Waals surface area contributed by atoms with E-state index in [-0.39, 0.29) is 5.92 Å². The normalized spacial score (nSPS) is 15.4. The van der Waals surface area contributed by atoms with Crippen molar-refractivity contribution in [2.24, 2.45) is 5.41 Å². The fourth-order valence-electron chi connectivity index (χ4n) is 3.22. The molecule has 0 amide bonds. The number of carboxylic acid groups (broad SMARTS) is 1. The average Bonchev–Trinajstić information content (AvgIpc) is 2.67. The van der Waals surface area contributed by atoms with E-state index in [1.54, 1.807) is 19.9 Å². The molecule has 27 heavy (non-hydrogen) atoms. The van der Waals surface area contributed by atoms with E-state index in [0.29, 0.717) is 11.6 Å². The maximum atomic E-state index is 11.9. The van der Waals surface area contributed by atoms with Gasteiger partial charge in [-0.05, 0) is 38.5 Å². The first-order valence-corrected chi connectivity index (χ1v) is 9.17. The Morgan fingerprint density at radius 2 is 1.85 bits per heavy atom. The third-order valence-corrected chi connectivity index (χ3v) is 4.68. The number of benzene rings is 1. The van der Waals surface area contributed by atoms with Crippen LogP contribution < -0.4 is 4.74 Å². The number of fused-ring (bicyclic) bond motifs is 2. The van der Waals surface area contributed by atoms with Crippen LogP contribution in [0.25, 0.3) is 5.57 Å². The number of allylic oxidation sites excluding steroid dienone is 3. The van der Waals surface area contributed by atoms with E-state index >= 15 is 0 Å². The molecule has 2 heterocycles. The molecule has 0 fully saturated rings. The van der Waals surface area contributed by atoms with Gasteiger partial charge < -0.3 is 9.84 Å². The van der Waals surface area contributed by atoms with Crippen molar-refractivity contribution in [2.75, 3.05) is 0 Å². The zero-order valence-electron chi connectivity index (χ0n) is 16.6. The molecule has 142 valence electrons. The zero-order chi connectivity index (χ0) is 20.2. The Kier molecular flexibility index (Phi) is 6.21. The van der Waals surface area contributed by atoms with E-state index in [4.69, 9.17) is 4.74 Å². The monoisotopic (exact) mass is 365 g/mol. The fourth-order valence-corrected chi connectivity index (χ4v) is 3.22. The number of nitrogens with zero attached hydrogens (tertiary/aromatic N) is 1. The van der Waals surface area contributed by atoms with Gasteiger partial charge >= 0.3 is 5.97 Å². The van der Waals surface area contributed by atoms with Crippen LogP contribution in [0.4, 0.5) is 0 Å². The van der Waals surface area contributed by atoms with Crippen molar-refractivity contribution in [3.63, 3.8) is 0 Å². The van der Waals surface area contributed by atoms with Gasteiger partial charge in [-0.3, -0.25) is 4.79 Å². The lowest BCUT2D eigenvalue weighted by atomic mass is 9.70. The van der Waals surface area contributed by atoms with Gasteiger partial charge in [0, 0.05) is 17.0 Å². The first-order valence-electron chi connectivity index (χ1n) is 9.17. The van der Waals surface area contributed by atoms with Crippen LogP contribution >= 0.6 is 0 Å². The predicted octanol–water partition coefficient (Wildman–Crippen LogP) is 6.05. The molecule has 1 aliphatic heterocycles. The highest BCUT2D eigenvalue weighted by Crippen LogP contribution is 2.51. The summed E-state index contributed by atoms with van der Waals surface area (Å²) in [7, 11) is 0. The molecule has 1 atom stereocenters. The summed E-state index contributed by atoms with van der Waals surface area (Å²) < 4.78 is 5.99. The van der Waals surface area contributed by atoms with Crippen molar-refractivity contribution in [3.05, 3.63) is 72.0 Å². The minimum Gasteiger partial charge on any atom is -0.481 e. The maximum absolute atomic E-state index is 11.9. The molecule has 1 unspecified atom stereocenters. The van der Waals surface area contributed by atoms with Crippen LogP contribution in [-0.2, 0) is 4.79 Å². The van der Waals surface area contributed by atoms with Gasteiger partial charge in [-0.25, -0.2) is 4.98 Å². The maximum Gasteiger partial charge on any atom is 0.310 e. The van der Waals surface area contributed by atoms with E-state index in [2.05, 4.69) is 11.6 Å². The van der Waals surface area contributed by atoms with E-state index in [1.807, 2.05) is 63.2 Å². The van der Waals surface area contributed by atoms with Crippen LogP contribution in [0, 0.1) is 5.41 Å². The number of para-hydroxylation sites is 1. The summed E-state index contributed by atoms with van der Waals surface area (Å²) in [4.78, 5) is 16.5. The van der Waals surface area contributed by atoms with Gasteiger partial charge in [-0.1, -0.05) is 56.8 Å². The standard InChI is InChI=1S/C21H21NO3.C2H6/c1-5-8-13(2)16-12-11-15-18(21(3,4)20(23)24)14-9-6-7-10-17(14)25-19(15)22-16;1-2/h5-12,18H,1H2,2-4H3,(H,23,24);1-2H3/b13-8+;. The quantitative estimate of drug-likeness (QED) is 0.671. The van der Waals surface area contributed by atoms with E-state index in [1.165, 1.54) is 0 Å². The van der Waals surface area contributed by atoms with Crippen LogP contribution in [0.3, 0.4) is 0 Å². The molecule has 4 heteroatoms. The van der Waals surface area contributed by atoms with Crippen molar-refractivity contribution in [3.8, 4) is 11.6 Å². The first-order chi connectivity index (χ1) is 12.9. The smallest absolute Gasteiger partial charge is 0.310 e. The molecule has 0 aliphatic carbocycles. The lowest BCUT2D eigenvalue weighted by Crippen LogP contribution is -2.33. The second-order valence-corrected chi connectivity index (χ2v) is 6.78. The molecule has 1 aromatic carbocycles. The average molecular weight is 365 g/mol. The Balaban J connectivity index is 0.00000126. The molecule has 3 rings (SSSR count). The molecular weight excluding hydrogens is 338 g/mol. The molecule has 2 aromatic rings. The fraction of sp³-hybridized carbons (Fsp3) is 0.304. The number of pyridine rings is 1. The number of carbonyl (C=O) groups is 1. The van der Waals surface area contributed by atoms with Gasteiger partial charge in [0.25, 0.3) is 0 Å². The number of aromatic nitrogens is 1. The summed E-state index contributed by atoms with van der Waals surface area (Å²) >= 11 is 0. The SMILES string of the molecule is C=C/C=C(\C)c1ccc2c(n1)Oc1ccccc1C2C(C)(C)C(=O)O.CC. The van der Waals surface area contributed by atoms with Gasteiger partial charge in [0.15, 0.2) is 0 Å². The minimum absolute atomic E-state index is 0.338. The molecule has 0 saturated heterocycles. The van der Waals surface area contributed by atoms with E-state index in [9.17, 15) is 9.90 Å². The van der Waals surface area contributed by atoms with Crippen LogP contribution in [0.5, 0.6) is 11.6 Å². The molecule has 1 N–H and O–H groups in total. The molecule has 0 bridgehead atoms. The van der Waals surface area contributed by atoms with Crippen LogP contribution in [0.1, 0.15) is 57.4 Å². The highest BCUT2D eigenvalue weighted by molar-refractivity contribution is 5.77. The number of rotatable bonds is 4. The van der Waals surface area contributed by atoms with Crippen LogP contribution in [-0.4, -0.2) is 16.1 Å². The van der Waals surface area contributed by atoms with Crippen molar-refractivity contribution < 1.29 is 14.6 Å². The number of hydrogen-bond donors (Lipinski definition) is 1.